The highest BCUT2D eigenvalue weighted by atomic mass is 15.2. The SMILES string of the molecule is Cc1ncn(-c2ccc(CNC3CC3)nn2)c1C. The molecule has 0 unspecified atom stereocenters. The summed E-state index contributed by atoms with van der Waals surface area (Å²) in [6.07, 6.45) is 4.37. The van der Waals surface area contributed by atoms with E-state index in [-0.39, 0.29) is 0 Å². The maximum atomic E-state index is 4.27. The second-order valence-electron chi connectivity index (χ2n) is 4.82. The van der Waals surface area contributed by atoms with Crippen molar-refractivity contribution < 1.29 is 0 Å². The summed E-state index contributed by atoms with van der Waals surface area (Å²) in [6, 6.07) is 4.71. The molecule has 94 valence electrons. The highest BCUT2D eigenvalue weighted by molar-refractivity contribution is 5.27. The van der Waals surface area contributed by atoms with Crippen LogP contribution in [0.15, 0.2) is 18.5 Å². The summed E-state index contributed by atoms with van der Waals surface area (Å²) in [7, 11) is 0. The van der Waals surface area contributed by atoms with Gasteiger partial charge >= 0.3 is 0 Å². The van der Waals surface area contributed by atoms with E-state index in [0.29, 0.717) is 6.04 Å². The van der Waals surface area contributed by atoms with Gasteiger partial charge in [0, 0.05) is 18.3 Å². The second-order valence-corrected chi connectivity index (χ2v) is 4.82. The van der Waals surface area contributed by atoms with Crippen LogP contribution in [0, 0.1) is 13.8 Å². The fourth-order valence-corrected chi connectivity index (χ4v) is 1.84. The summed E-state index contributed by atoms with van der Waals surface area (Å²) in [6.45, 7) is 4.83. The highest BCUT2D eigenvalue weighted by Crippen LogP contribution is 2.19. The zero-order valence-electron chi connectivity index (χ0n) is 10.7. The van der Waals surface area contributed by atoms with E-state index in [2.05, 4.69) is 20.5 Å². The summed E-state index contributed by atoms with van der Waals surface area (Å²) in [4.78, 5) is 4.27. The van der Waals surface area contributed by atoms with Crippen molar-refractivity contribution in [3.05, 3.63) is 35.5 Å². The van der Waals surface area contributed by atoms with E-state index < -0.39 is 0 Å². The van der Waals surface area contributed by atoms with Crippen LogP contribution in [0.2, 0.25) is 0 Å². The van der Waals surface area contributed by atoms with E-state index in [1.165, 1.54) is 12.8 Å². The standard InChI is InChI=1S/C13H17N5/c1-9-10(2)18(8-15-9)13-6-5-12(16-17-13)7-14-11-3-4-11/h5-6,8,11,14H,3-4,7H2,1-2H3. The predicted octanol–water partition coefficient (Wildman–Crippen LogP) is 1.53. The average Bonchev–Trinajstić information content (AvgIpc) is 3.16. The zero-order chi connectivity index (χ0) is 12.5. The van der Waals surface area contributed by atoms with Crippen molar-refractivity contribution in [2.24, 2.45) is 0 Å². The molecular weight excluding hydrogens is 226 g/mol. The first-order valence-electron chi connectivity index (χ1n) is 6.31. The molecule has 18 heavy (non-hydrogen) atoms. The van der Waals surface area contributed by atoms with Crippen LogP contribution in [0.4, 0.5) is 0 Å². The second kappa shape index (κ2) is 4.49. The number of nitrogens with zero attached hydrogens (tertiary/aromatic N) is 4. The fraction of sp³-hybridized carbons (Fsp3) is 0.462. The quantitative estimate of drug-likeness (QED) is 0.884. The summed E-state index contributed by atoms with van der Waals surface area (Å²) in [5.74, 6) is 0.822. The van der Waals surface area contributed by atoms with Gasteiger partial charge in [-0.05, 0) is 38.8 Å². The Kier molecular flexibility index (Phi) is 2.83. The predicted molar refractivity (Wildman–Crippen MR) is 68.5 cm³/mol. The molecule has 0 atom stereocenters. The Hall–Kier alpha value is -1.75. The van der Waals surface area contributed by atoms with Crippen molar-refractivity contribution in [1.82, 2.24) is 25.1 Å². The van der Waals surface area contributed by atoms with Crippen molar-refractivity contribution in [2.45, 2.75) is 39.3 Å². The molecule has 0 aliphatic heterocycles. The van der Waals surface area contributed by atoms with Crippen molar-refractivity contribution >= 4 is 0 Å². The zero-order valence-corrected chi connectivity index (χ0v) is 10.7. The number of hydrogen-bond donors (Lipinski definition) is 1. The van der Waals surface area contributed by atoms with Gasteiger partial charge in [0.2, 0.25) is 0 Å². The van der Waals surface area contributed by atoms with Gasteiger partial charge in [-0.1, -0.05) is 0 Å². The van der Waals surface area contributed by atoms with Crippen LogP contribution < -0.4 is 5.32 Å². The normalized spacial score (nSPS) is 15.0. The van der Waals surface area contributed by atoms with Crippen LogP contribution in [0.3, 0.4) is 0 Å². The average molecular weight is 243 g/mol. The highest BCUT2D eigenvalue weighted by Gasteiger charge is 2.20. The minimum Gasteiger partial charge on any atom is -0.308 e. The summed E-state index contributed by atoms with van der Waals surface area (Å²) in [5, 5.41) is 11.9. The molecule has 5 nitrogen and oxygen atoms in total. The Balaban J connectivity index is 1.75. The molecule has 2 heterocycles. The van der Waals surface area contributed by atoms with Crippen LogP contribution in [-0.2, 0) is 6.54 Å². The lowest BCUT2D eigenvalue weighted by molar-refractivity contribution is 0.663. The van der Waals surface area contributed by atoms with Gasteiger partial charge in [-0.25, -0.2) is 4.98 Å². The Morgan fingerprint density at radius 3 is 2.67 bits per heavy atom. The van der Waals surface area contributed by atoms with Gasteiger partial charge in [-0.2, -0.15) is 5.10 Å². The lowest BCUT2D eigenvalue weighted by Gasteiger charge is -2.05. The van der Waals surface area contributed by atoms with E-state index >= 15 is 0 Å². The molecule has 0 aromatic carbocycles. The molecule has 0 bridgehead atoms. The van der Waals surface area contributed by atoms with E-state index in [9.17, 15) is 0 Å². The molecule has 0 saturated heterocycles. The molecule has 3 rings (SSSR count). The molecule has 1 aliphatic rings. The summed E-state index contributed by atoms with van der Waals surface area (Å²) < 4.78 is 1.96. The lowest BCUT2D eigenvalue weighted by Crippen LogP contribution is -2.16. The molecule has 0 amide bonds. The van der Waals surface area contributed by atoms with Crippen molar-refractivity contribution in [3.8, 4) is 5.82 Å². The number of aryl methyl sites for hydroxylation is 1. The first-order valence-corrected chi connectivity index (χ1v) is 6.31. The van der Waals surface area contributed by atoms with E-state index in [4.69, 9.17) is 0 Å². The molecule has 0 radical (unpaired) electrons. The number of nitrogens with one attached hydrogen (secondary N) is 1. The first-order chi connectivity index (χ1) is 8.74. The Morgan fingerprint density at radius 1 is 1.28 bits per heavy atom. The minimum atomic E-state index is 0.699. The smallest absolute Gasteiger partial charge is 0.160 e. The van der Waals surface area contributed by atoms with Gasteiger partial charge in [-0.15, -0.1) is 5.10 Å². The third-order valence-electron chi connectivity index (χ3n) is 3.35. The van der Waals surface area contributed by atoms with Crippen LogP contribution in [0.25, 0.3) is 5.82 Å². The Labute approximate surface area is 106 Å². The van der Waals surface area contributed by atoms with Crippen LogP contribution >= 0.6 is 0 Å². The number of rotatable bonds is 4. The fourth-order valence-electron chi connectivity index (χ4n) is 1.84. The monoisotopic (exact) mass is 243 g/mol. The maximum absolute atomic E-state index is 4.27. The molecule has 2 aromatic rings. The van der Waals surface area contributed by atoms with Crippen LogP contribution in [0.5, 0.6) is 0 Å². The third kappa shape index (κ3) is 2.26. The van der Waals surface area contributed by atoms with Crippen molar-refractivity contribution in [3.63, 3.8) is 0 Å². The van der Waals surface area contributed by atoms with E-state index in [1.54, 1.807) is 6.33 Å². The topological polar surface area (TPSA) is 55.6 Å². The van der Waals surface area contributed by atoms with Gasteiger partial charge in [0.05, 0.1) is 11.4 Å². The summed E-state index contributed by atoms with van der Waals surface area (Å²) >= 11 is 0. The van der Waals surface area contributed by atoms with Gasteiger partial charge in [0.15, 0.2) is 5.82 Å². The Bertz CT molecular complexity index is 539. The van der Waals surface area contributed by atoms with Gasteiger partial charge < -0.3 is 5.32 Å². The van der Waals surface area contributed by atoms with E-state index in [1.807, 2.05) is 30.5 Å². The van der Waals surface area contributed by atoms with E-state index in [0.717, 1.165) is 29.4 Å². The van der Waals surface area contributed by atoms with Crippen molar-refractivity contribution in [1.29, 1.82) is 0 Å². The molecule has 2 aromatic heterocycles. The van der Waals surface area contributed by atoms with Crippen LogP contribution in [-0.4, -0.2) is 25.8 Å². The molecular formula is C13H17N5. The largest absolute Gasteiger partial charge is 0.308 e. The maximum Gasteiger partial charge on any atom is 0.160 e. The number of aromatic nitrogens is 4. The lowest BCUT2D eigenvalue weighted by atomic mass is 10.3. The third-order valence-corrected chi connectivity index (χ3v) is 3.35. The molecule has 1 N–H and O–H groups in total. The first kappa shape index (κ1) is 11.3. The molecule has 5 heteroatoms. The van der Waals surface area contributed by atoms with Gasteiger partial charge in [0.25, 0.3) is 0 Å². The van der Waals surface area contributed by atoms with Gasteiger partial charge in [-0.3, -0.25) is 4.57 Å². The number of hydrogen-bond acceptors (Lipinski definition) is 4. The minimum absolute atomic E-state index is 0.699. The molecule has 1 fully saturated rings. The molecule has 1 aliphatic carbocycles. The Morgan fingerprint density at radius 2 is 2.11 bits per heavy atom. The molecule has 1 saturated carbocycles. The summed E-state index contributed by atoms with van der Waals surface area (Å²) in [5.41, 5.74) is 3.12. The van der Waals surface area contributed by atoms with Crippen molar-refractivity contribution in [2.75, 3.05) is 0 Å². The van der Waals surface area contributed by atoms with Gasteiger partial charge in [0.1, 0.15) is 6.33 Å². The van der Waals surface area contributed by atoms with Crippen LogP contribution in [0.1, 0.15) is 29.9 Å². The number of imidazole rings is 1. The molecule has 0 spiro atoms.